The average Bonchev–Trinajstić information content (AvgIpc) is 2.45. The molecule has 0 fully saturated rings. The topological polar surface area (TPSA) is 44.5 Å². The molecule has 0 aromatic heterocycles. The van der Waals surface area contributed by atoms with E-state index >= 15 is 0 Å². The molecule has 20 heavy (non-hydrogen) atoms. The lowest BCUT2D eigenvalue weighted by molar-refractivity contribution is 0.216. The van der Waals surface area contributed by atoms with E-state index in [0.717, 1.165) is 22.6 Å². The first-order valence-corrected chi connectivity index (χ1v) is 6.79. The van der Waals surface area contributed by atoms with Crippen LogP contribution in [-0.4, -0.2) is 18.2 Å². The Hall–Kier alpha value is -2.07. The van der Waals surface area contributed by atoms with Gasteiger partial charge in [-0.2, -0.15) is 0 Å². The van der Waals surface area contributed by atoms with Crippen LogP contribution >= 0.6 is 12.2 Å². The number of hydrogen-bond acceptors (Lipinski definition) is 3. The summed E-state index contributed by atoms with van der Waals surface area (Å²) in [6, 6.07) is 15.3. The third-order valence-electron chi connectivity index (χ3n) is 2.82. The van der Waals surface area contributed by atoms with Crippen molar-refractivity contribution in [3.05, 3.63) is 59.7 Å². The van der Waals surface area contributed by atoms with Gasteiger partial charge in [-0.15, -0.1) is 0 Å². The van der Waals surface area contributed by atoms with Gasteiger partial charge in [0.2, 0.25) is 0 Å². The molecule has 0 aliphatic rings. The predicted octanol–water partition coefficient (Wildman–Crippen LogP) is 3.09. The second kappa shape index (κ2) is 6.91. The van der Waals surface area contributed by atoms with E-state index in [9.17, 15) is 0 Å². The van der Waals surface area contributed by atoms with E-state index in [4.69, 9.17) is 27.4 Å². The molecule has 2 N–H and O–H groups in total. The molecule has 0 spiro atoms. The van der Waals surface area contributed by atoms with Crippen LogP contribution in [0.5, 0.6) is 11.5 Å². The molecule has 2 aromatic rings. The predicted molar refractivity (Wildman–Crippen MR) is 84.5 cm³/mol. The fraction of sp³-hybridized carbons (Fsp3) is 0.188. The van der Waals surface area contributed by atoms with Crippen LogP contribution in [0.4, 0.5) is 0 Å². The average molecular weight is 287 g/mol. The Kier molecular flexibility index (Phi) is 4.96. The first-order chi connectivity index (χ1) is 9.66. The lowest BCUT2D eigenvalue weighted by Gasteiger charge is -2.10. The second-order valence-corrected chi connectivity index (χ2v) is 4.79. The van der Waals surface area contributed by atoms with E-state index in [-0.39, 0.29) is 0 Å². The third-order valence-corrected chi connectivity index (χ3v) is 3.06. The van der Waals surface area contributed by atoms with Gasteiger partial charge in [0.05, 0.1) is 0 Å². The molecule has 4 heteroatoms. The molecule has 0 saturated heterocycles. The van der Waals surface area contributed by atoms with E-state index in [1.165, 1.54) is 0 Å². The minimum absolute atomic E-state index is 0.367. The quantitative estimate of drug-likeness (QED) is 0.655. The Morgan fingerprint density at radius 3 is 2.55 bits per heavy atom. The van der Waals surface area contributed by atoms with E-state index in [1.807, 2.05) is 55.5 Å². The molecule has 0 amide bonds. The molecule has 0 saturated carbocycles. The van der Waals surface area contributed by atoms with Gasteiger partial charge in [0.25, 0.3) is 0 Å². The molecule has 0 atom stereocenters. The van der Waals surface area contributed by atoms with Crippen molar-refractivity contribution < 1.29 is 9.47 Å². The Morgan fingerprint density at radius 1 is 1.05 bits per heavy atom. The fourth-order valence-corrected chi connectivity index (χ4v) is 1.90. The zero-order valence-electron chi connectivity index (χ0n) is 11.3. The van der Waals surface area contributed by atoms with E-state index in [0.29, 0.717) is 18.2 Å². The first-order valence-electron chi connectivity index (χ1n) is 6.38. The van der Waals surface area contributed by atoms with Crippen LogP contribution < -0.4 is 15.2 Å². The van der Waals surface area contributed by atoms with E-state index in [1.54, 1.807) is 0 Å². The summed E-state index contributed by atoms with van der Waals surface area (Å²) in [5.41, 5.74) is 7.50. The number of nitrogens with two attached hydrogens (primary N) is 1. The van der Waals surface area contributed by atoms with Crippen molar-refractivity contribution in [2.45, 2.75) is 6.92 Å². The van der Waals surface area contributed by atoms with Gasteiger partial charge in [0.1, 0.15) is 29.7 Å². The fourth-order valence-electron chi connectivity index (χ4n) is 1.77. The van der Waals surface area contributed by atoms with Crippen molar-refractivity contribution in [2.24, 2.45) is 5.73 Å². The van der Waals surface area contributed by atoms with Crippen LogP contribution in [0, 0.1) is 6.92 Å². The van der Waals surface area contributed by atoms with Crippen LogP contribution in [0.15, 0.2) is 48.5 Å². The van der Waals surface area contributed by atoms with Gasteiger partial charge in [0, 0.05) is 5.56 Å². The van der Waals surface area contributed by atoms with Crippen LogP contribution in [-0.2, 0) is 0 Å². The van der Waals surface area contributed by atoms with Gasteiger partial charge in [0.15, 0.2) is 0 Å². The molecule has 0 radical (unpaired) electrons. The van der Waals surface area contributed by atoms with Gasteiger partial charge < -0.3 is 15.2 Å². The molecular weight excluding hydrogens is 270 g/mol. The maximum Gasteiger partial charge on any atom is 0.122 e. The molecule has 104 valence electrons. The zero-order chi connectivity index (χ0) is 14.4. The lowest BCUT2D eigenvalue weighted by Crippen LogP contribution is -2.11. The number of rotatable bonds is 6. The number of thiocarbonyl (C=S) groups is 1. The van der Waals surface area contributed by atoms with Gasteiger partial charge in [-0.25, -0.2) is 0 Å². The Balaban J connectivity index is 1.83. The zero-order valence-corrected chi connectivity index (χ0v) is 12.2. The number of aryl methyl sites for hydroxylation is 1. The van der Waals surface area contributed by atoms with Crippen LogP contribution in [0.1, 0.15) is 11.1 Å². The normalized spacial score (nSPS) is 10.1. The molecule has 3 nitrogen and oxygen atoms in total. The first kappa shape index (κ1) is 14.3. The van der Waals surface area contributed by atoms with Crippen molar-refractivity contribution in [2.75, 3.05) is 13.2 Å². The minimum Gasteiger partial charge on any atom is -0.490 e. The van der Waals surface area contributed by atoms with Crippen molar-refractivity contribution in [1.29, 1.82) is 0 Å². The number of ether oxygens (including phenoxy) is 2. The van der Waals surface area contributed by atoms with Crippen molar-refractivity contribution in [3.8, 4) is 11.5 Å². The summed E-state index contributed by atoms with van der Waals surface area (Å²) in [5.74, 6) is 1.62. The molecule has 0 bridgehead atoms. The third kappa shape index (κ3) is 3.96. The summed E-state index contributed by atoms with van der Waals surface area (Å²) in [4.78, 5) is 0.367. The molecule has 0 aliphatic heterocycles. The summed E-state index contributed by atoms with van der Waals surface area (Å²) >= 11 is 4.93. The monoisotopic (exact) mass is 287 g/mol. The highest BCUT2D eigenvalue weighted by molar-refractivity contribution is 7.80. The van der Waals surface area contributed by atoms with E-state index < -0.39 is 0 Å². The van der Waals surface area contributed by atoms with Crippen molar-refractivity contribution >= 4 is 17.2 Å². The number of para-hydroxylation sites is 1. The molecule has 0 unspecified atom stereocenters. The number of hydrogen-bond donors (Lipinski definition) is 1. The van der Waals surface area contributed by atoms with Crippen molar-refractivity contribution in [1.82, 2.24) is 0 Å². The van der Waals surface area contributed by atoms with Gasteiger partial charge >= 0.3 is 0 Å². The standard InChI is InChI=1S/C16H17NO2S/c1-12-5-2-3-8-15(12)19-10-9-18-14-7-4-6-13(11-14)16(17)20/h2-8,11H,9-10H2,1H3,(H2,17,20). The summed E-state index contributed by atoms with van der Waals surface area (Å²) < 4.78 is 11.3. The number of benzene rings is 2. The lowest BCUT2D eigenvalue weighted by atomic mass is 10.2. The molecule has 2 rings (SSSR count). The molecule has 0 aliphatic carbocycles. The van der Waals surface area contributed by atoms with Crippen molar-refractivity contribution in [3.63, 3.8) is 0 Å². The minimum atomic E-state index is 0.367. The van der Waals surface area contributed by atoms with Crippen LogP contribution in [0.3, 0.4) is 0 Å². The molecule has 0 heterocycles. The summed E-state index contributed by atoms with van der Waals surface area (Å²) in [6.45, 7) is 2.97. The summed E-state index contributed by atoms with van der Waals surface area (Å²) in [6.07, 6.45) is 0. The Bertz CT molecular complexity index is 599. The highest BCUT2D eigenvalue weighted by atomic mass is 32.1. The Morgan fingerprint density at radius 2 is 1.80 bits per heavy atom. The van der Waals surface area contributed by atoms with Gasteiger partial charge in [-0.05, 0) is 30.7 Å². The highest BCUT2D eigenvalue weighted by Crippen LogP contribution is 2.16. The van der Waals surface area contributed by atoms with Gasteiger partial charge in [-0.1, -0.05) is 42.5 Å². The second-order valence-electron chi connectivity index (χ2n) is 4.35. The van der Waals surface area contributed by atoms with E-state index in [2.05, 4.69) is 0 Å². The molecule has 2 aromatic carbocycles. The smallest absolute Gasteiger partial charge is 0.122 e. The maximum absolute atomic E-state index is 5.66. The molecular formula is C16H17NO2S. The van der Waals surface area contributed by atoms with Gasteiger partial charge in [-0.3, -0.25) is 0 Å². The highest BCUT2D eigenvalue weighted by Gasteiger charge is 2.00. The maximum atomic E-state index is 5.66. The summed E-state index contributed by atoms with van der Waals surface area (Å²) in [5, 5.41) is 0. The Labute approximate surface area is 124 Å². The summed E-state index contributed by atoms with van der Waals surface area (Å²) in [7, 11) is 0. The van der Waals surface area contributed by atoms with Crippen LogP contribution in [0.25, 0.3) is 0 Å². The SMILES string of the molecule is Cc1ccccc1OCCOc1cccc(C(N)=S)c1. The van der Waals surface area contributed by atoms with Crippen LogP contribution in [0.2, 0.25) is 0 Å². The largest absolute Gasteiger partial charge is 0.490 e.